The lowest BCUT2D eigenvalue weighted by Gasteiger charge is -2.24. The van der Waals surface area contributed by atoms with Gasteiger partial charge in [0.2, 0.25) is 0 Å². The first-order valence-corrected chi connectivity index (χ1v) is 6.03. The average Bonchev–Trinajstić information content (AvgIpc) is 2.78. The maximum absolute atomic E-state index is 4.18. The Morgan fingerprint density at radius 1 is 1.40 bits per heavy atom. The van der Waals surface area contributed by atoms with Crippen molar-refractivity contribution in [1.82, 2.24) is 10.3 Å². The lowest BCUT2D eigenvalue weighted by Crippen LogP contribution is -2.29. The minimum Gasteiger partial charge on any atom is -0.306 e. The molecular weight excluding hydrogens is 204 g/mol. The number of thiophene rings is 1. The van der Waals surface area contributed by atoms with Gasteiger partial charge in [0.05, 0.1) is 6.04 Å². The summed E-state index contributed by atoms with van der Waals surface area (Å²) in [6.45, 7) is 1.06. The molecule has 1 unspecified atom stereocenters. The van der Waals surface area contributed by atoms with E-state index in [0.29, 0.717) is 6.04 Å². The number of aromatic nitrogens is 1. The molecule has 0 spiro atoms. The largest absolute Gasteiger partial charge is 0.306 e. The third kappa shape index (κ3) is 1.58. The van der Waals surface area contributed by atoms with Gasteiger partial charge in [-0.3, -0.25) is 4.98 Å². The number of nitrogens with one attached hydrogen (secondary N) is 1. The van der Waals surface area contributed by atoms with Gasteiger partial charge in [-0.05, 0) is 35.1 Å². The molecule has 0 aromatic carbocycles. The predicted octanol–water partition coefficient (Wildman–Crippen LogP) is 2.38. The summed E-state index contributed by atoms with van der Waals surface area (Å²) >= 11 is 1.86. The molecule has 0 saturated carbocycles. The zero-order chi connectivity index (χ0) is 10.1. The smallest absolute Gasteiger partial charge is 0.0603 e. The second-order valence-electron chi connectivity index (χ2n) is 3.72. The Morgan fingerprint density at radius 3 is 3.27 bits per heavy atom. The van der Waals surface area contributed by atoms with Crippen LogP contribution in [0.25, 0.3) is 0 Å². The van der Waals surface area contributed by atoms with Gasteiger partial charge >= 0.3 is 0 Å². The van der Waals surface area contributed by atoms with E-state index in [0.717, 1.165) is 13.0 Å². The van der Waals surface area contributed by atoms with Crippen LogP contribution >= 0.6 is 11.3 Å². The van der Waals surface area contributed by atoms with Crippen LogP contribution in [0.3, 0.4) is 0 Å². The van der Waals surface area contributed by atoms with Gasteiger partial charge in [0.1, 0.15) is 0 Å². The third-order valence-electron chi connectivity index (χ3n) is 2.81. The molecule has 0 radical (unpaired) electrons. The molecule has 2 aromatic rings. The van der Waals surface area contributed by atoms with Crippen molar-refractivity contribution in [1.29, 1.82) is 0 Å². The highest BCUT2D eigenvalue weighted by Gasteiger charge is 2.21. The first-order valence-electron chi connectivity index (χ1n) is 5.15. The van der Waals surface area contributed by atoms with E-state index < -0.39 is 0 Å². The molecule has 0 amide bonds. The van der Waals surface area contributed by atoms with Crippen LogP contribution in [0.4, 0.5) is 0 Å². The van der Waals surface area contributed by atoms with Gasteiger partial charge in [0.15, 0.2) is 0 Å². The molecule has 2 nitrogen and oxygen atoms in total. The second-order valence-corrected chi connectivity index (χ2v) is 4.72. The average molecular weight is 216 g/mol. The molecule has 0 fully saturated rings. The van der Waals surface area contributed by atoms with E-state index in [9.17, 15) is 0 Å². The highest BCUT2D eigenvalue weighted by atomic mass is 32.1. The van der Waals surface area contributed by atoms with Gasteiger partial charge < -0.3 is 5.32 Å². The van der Waals surface area contributed by atoms with Crippen LogP contribution in [0, 0.1) is 0 Å². The van der Waals surface area contributed by atoms with Gasteiger partial charge in [-0.1, -0.05) is 6.07 Å². The van der Waals surface area contributed by atoms with Gasteiger partial charge in [0, 0.05) is 23.8 Å². The molecule has 0 saturated heterocycles. The monoisotopic (exact) mass is 216 g/mol. The Morgan fingerprint density at radius 2 is 2.40 bits per heavy atom. The summed E-state index contributed by atoms with van der Waals surface area (Å²) in [6.07, 6.45) is 4.93. The summed E-state index contributed by atoms with van der Waals surface area (Å²) < 4.78 is 0. The Hall–Kier alpha value is -1.19. The first-order chi connectivity index (χ1) is 7.45. The van der Waals surface area contributed by atoms with Gasteiger partial charge in [0.25, 0.3) is 0 Å². The molecule has 1 aliphatic heterocycles. The highest BCUT2D eigenvalue weighted by Crippen LogP contribution is 2.31. The molecule has 1 atom stereocenters. The van der Waals surface area contributed by atoms with Gasteiger partial charge in [-0.2, -0.15) is 0 Å². The van der Waals surface area contributed by atoms with Crippen LogP contribution in [-0.2, 0) is 6.42 Å². The standard InChI is InChI=1S/C12H12N2S/c1-2-9(8-13-5-1)12-10-4-7-15-11(10)3-6-14-12/h1-2,4-5,7-8,12,14H,3,6H2. The second kappa shape index (κ2) is 3.76. The van der Waals surface area contributed by atoms with Crippen molar-refractivity contribution in [2.75, 3.05) is 6.54 Å². The highest BCUT2D eigenvalue weighted by molar-refractivity contribution is 7.10. The van der Waals surface area contributed by atoms with Crippen molar-refractivity contribution in [3.8, 4) is 0 Å². The van der Waals surface area contributed by atoms with E-state index in [1.165, 1.54) is 16.0 Å². The Bertz CT molecular complexity index is 450. The SMILES string of the molecule is c1cncc(C2NCCc3sccc32)c1. The molecule has 0 aliphatic carbocycles. The van der Waals surface area contributed by atoms with E-state index in [4.69, 9.17) is 0 Å². The van der Waals surface area contributed by atoms with Crippen LogP contribution in [0.15, 0.2) is 36.0 Å². The number of fused-ring (bicyclic) bond motifs is 1. The van der Waals surface area contributed by atoms with Crippen molar-refractivity contribution in [3.05, 3.63) is 52.0 Å². The molecule has 15 heavy (non-hydrogen) atoms. The minimum atomic E-state index is 0.341. The van der Waals surface area contributed by atoms with Crippen molar-refractivity contribution >= 4 is 11.3 Å². The third-order valence-corrected chi connectivity index (χ3v) is 3.81. The normalized spacial score (nSPS) is 19.9. The number of hydrogen-bond acceptors (Lipinski definition) is 3. The fourth-order valence-corrected chi connectivity index (χ4v) is 3.02. The van der Waals surface area contributed by atoms with E-state index in [1.54, 1.807) is 0 Å². The zero-order valence-corrected chi connectivity index (χ0v) is 9.13. The van der Waals surface area contributed by atoms with E-state index in [1.807, 2.05) is 29.8 Å². The fourth-order valence-electron chi connectivity index (χ4n) is 2.10. The minimum absolute atomic E-state index is 0.341. The van der Waals surface area contributed by atoms with Crippen LogP contribution in [0.2, 0.25) is 0 Å². The van der Waals surface area contributed by atoms with Crippen molar-refractivity contribution in [2.45, 2.75) is 12.5 Å². The topological polar surface area (TPSA) is 24.9 Å². The van der Waals surface area contributed by atoms with Crippen LogP contribution in [0.1, 0.15) is 22.0 Å². The number of hydrogen-bond donors (Lipinski definition) is 1. The van der Waals surface area contributed by atoms with Gasteiger partial charge in [-0.15, -0.1) is 11.3 Å². The van der Waals surface area contributed by atoms with Crippen molar-refractivity contribution in [3.63, 3.8) is 0 Å². The summed E-state index contributed by atoms with van der Waals surface area (Å²) in [6, 6.07) is 6.70. The van der Waals surface area contributed by atoms with Crippen LogP contribution < -0.4 is 5.32 Å². The quantitative estimate of drug-likeness (QED) is 0.791. The Balaban J connectivity index is 2.03. The summed E-state index contributed by atoms with van der Waals surface area (Å²) in [7, 11) is 0. The predicted molar refractivity (Wildman–Crippen MR) is 62.1 cm³/mol. The molecule has 2 aromatic heterocycles. The van der Waals surface area contributed by atoms with Crippen LogP contribution in [0.5, 0.6) is 0 Å². The van der Waals surface area contributed by atoms with E-state index in [2.05, 4.69) is 27.8 Å². The van der Waals surface area contributed by atoms with Crippen molar-refractivity contribution < 1.29 is 0 Å². The summed E-state index contributed by atoms with van der Waals surface area (Å²) in [5.41, 5.74) is 2.69. The lowest BCUT2D eigenvalue weighted by molar-refractivity contribution is 0.573. The molecule has 1 N–H and O–H groups in total. The maximum Gasteiger partial charge on any atom is 0.0603 e. The molecule has 3 heterocycles. The van der Waals surface area contributed by atoms with Crippen molar-refractivity contribution in [2.24, 2.45) is 0 Å². The first kappa shape index (κ1) is 9.07. The summed E-state index contributed by atoms with van der Waals surface area (Å²) in [5.74, 6) is 0. The zero-order valence-electron chi connectivity index (χ0n) is 8.31. The summed E-state index contributed by atoms with van der Waals surface area (Å²) in [5, 5.41) is 5.73. The molecule has 76 valence electrons. The maximum atomic E-state index is 4.18. The molecule has 1 aliphatic rings. The summed E-state index contributed by atoms with van der Waals surface area (Å²) in [4.78, 5) is 5.70. The van der Waals surface area contributed by atoms with Gasteiger partial charge in [-0.25, -0.2) is 0 Å². The Labute approximate surface area is 93.0 Å². The number of pyridine rings is 1. The fraction of sp³-hybridized carbons (Fsp3) is 0.250. The van der Waals surface area contributed by atoms with Crippen LogP contribution in [-0.4, -0.2) is 11.5 Å². The molecule has 0 bridgehead atoms. The molecule has 3 rings (SSSR count). The molecular formula is C12H12N2S. The number of nitrogens with zero attached hydrogens (tertiary/aromatic N) is 1. The van der Waals surface area contributed by atoms with E-state index >= 15 is 0 Å². The lowest BCUT2D eigenvalue weighted by atomic mass is 9.97. The Kier molecular flexibility index (Phi) is 2.27. The molecule has 3 heteroatoms. The van der Waals surface area contributed by atoms with E-state index in [-0.39, 0.29) is 0 Å². The number of rotatable bonds is 1.